The Hall–Kier alpha value is -1.47. The van der Waals surface area contributed by atoms with Gasteiger partial charge in [-0.1, -0.05) is 13.3 Å². The van der Waals surface area contributed by atoms with Crippen LogP contribution in [0.5, 0.6) is 0 Å². The minimum Gasteiger partial charge on any atom is -0.396 e. The van der Waals surface area contributed by atoms with Crippen LogP contribution in [0.2, 0.25) is 0 Å². The number of rotatable bonds is 8. The summed E-state index contributed by atoms with van der Waals surface area (Å²) >= 11 is 3.23. The molecule has 0 fully saturated rings. The lowest BCUT2D eigenvalue weighted by Crippen LogP contribution is -2.30. The molecule has 0 aliphatic rings. The summed E-state index contributed by atoms with van der Waals surface area (Å²) in [6, 6.07) is 4.08. The van der Waals surface area contributed by atoms with Gasteiger partial charge in [0.1, 0.15) is 0 Å². The Labute approximate surface area is 131 Å². The van der Waals surface area contributed by atoms with E-state index in [4.69, 9.17) is 5.11 Å². The number of carbonyl (C=O) groups is 1. The van der Waals surface area contributed by atoms with E-state index in [0.717, 1.165) is 12.8 Å². The summed E-state index contributed by atoms with van der Waals surface area (Å²) in [5.74, 6) is -0.147. The first-order chi connectivity index (χ1) is 9.99. The molecule has 0 radical (unpaired) electrons. The Morgan fingerprint density at radius 2 is 2.19 bits per heavy atom. The van der Waals surface area contributed by atoms with E-state index in [1.807, 2.05) is 6.92 Å². The summed E-state index contributed by atoms with van der Waals surface area (Å²) in [5.41, 5.74) is 0.118. The molecule has 1 aromatic rings. The van der Waals surface area contributed by atoms with E-state index in [1.54, 1.807) is 0 Å². The van der Waals surface area contributed by atoms with Gasteiger partial charge in [-0.15, -0.1) is 0 Å². The topological polar surface area (TPSA) is 92.5 Å². The minimum atomic E-state index is -0.533. The van der Waals surface area contributed by atoms with Crippen molar-refractivity contribution in [2.24, 2.45) is 5.92 Å². The van der Waals surface area contributed by atoms with E-state index in [-0.39, 0.29) is 29.7 Å². The van der Waals surface area contributed by atoms with Crippen LogP contribution < -0.4 is 5.32 Å². The lowest BCUT2D eigenvalue weighted by Gasteiger charge is -2.16. The van der Waals surface area contributed by atoms with Gasteiger partial charge >= 0.3 is 0 Å². The minimum absolute atomic E-state index is 0.0844. The summed E-state index contributed by atoms with van der Waals surface area (Å²) in [6.07, 6.45) is 2.52. The molecule has 0 heterocycles. The molecule has 0 saturated heterocycles. The van der Waals surface area contributed by atoms with E-state index in [2.05, 4.69) is 21.2 Å². The molecular formula is C14H19BrN2O4. The lowest BCUT2D eigenvalue weighted by molar-refractivity contribution is -0.384. The number of halogens is 1. The highest BCUT2D eigenvalue weighted by Crippen LogP contribution is 2.22. The molecule has 1 aromatic carbocycles. The van der Waals surface area contributed by atoms with E-state index in [0.29, 0.717) is 17.4 Å². The number of aliphatic hydroxyl groups is 1. The Kier molecular flexibility index (Phi) is 7.31. The van der Waals surface area contributed by atoms with Gasteiger partial charge in [0, 0.05) is 29.8 Å². The third-order valence-electron chi connectivity index (χ3n) is 3.19. The first-order valence-electron chi connectivity index (χ1n) is 6.82. The molecular weight excluding hydrogens is 340 g/mol. The second kappa shape index (κ2) is 8.74. The number of nitro benzene ring substituents is 1. The van der Waals surface area contributed by atoms with Crippen molar-refractivity contribution in [3.05, 3.63) is 38.3 Å². The number of carbonyl (C=O) groups excluding carboxylic acids is 1. The number of amides is 1. The maximum Gasteiger partial charge on any atom is 0.270 e. The summed E-state index contributed by atoms with van der Waals surface area (Å²) in [6.45, 7) is 2.58. The molecule has 116 valence electrons. The maximum absolute atomic E-state index is 12.1. The van der Waals surface area contributed by atoms with Gasteiger partial charge in [0.2, 0.25) is 0 Å². The number of nitrogens with one attached hydrogen (secondary N) is 1. The molecule has 1 rings (SSSR count). The van der Waals surface area contributed by atoms with Gasteiger partial charge in [0.05, 0.1) is 10.5 Å². The van der Waals surface area contributed by atoms with Gasteiger partial charge in [-0.3, -0.25) is 14.9 Å². The molecule has 21 heavy (non-hydrogen) atoms. The highest BCUT2D eigenvalue weighted by atomic mass is 79.9. The van der Waals surface area contributed by atoms with Gasteiger partial charge in [-0.2, -0.15) is 0 Å². The van der Waals surface area contributed by atoms with Crippen molar-refractivity contribution >= 4 is 27.5 Å². The van der Waals surface area contributed by atoms with Crippen molar-refractivity contribution in [3.63, 3.8) is 0 Å². The van der Waals surface area contributed by atoms with Crippen LogP contribution in [0, 0.1) is 16.0 Å². The van der Waals surface area contributed by atoms with E-state index < -0.39 is 4.92 Å². The number of non-ortho nitro benzene ring substituents is 1. The number of hydrogen-bond acceptors (Lipinski definition) is 4. The predicted octanol–water partition coefficient (Wildman–Crippen LogP) is 2.89. The smallest absolute Gasteiger partial charge is 0.270 e. The average molecular weight is 359 g/mol. The molecule has 1 amide bonds. The zero-order valence-electron chi connectivity index (χ0n) is 11.8. The maximum atomic E-state index is 12.1. The van der Waals surface area contributed by atoms with Crippen molar-refractivity contribution in [1.29, 1.82) is 0 Å². The zero-order valence-corrected chi connectivity index (χ0v) is 13.4. The van der Waals surface area contributed by atoms with E-state index in [9.17, 15) is 14.9 Å². The lowest BCUT2D eigenvalue weighted by atomic mass is 10.00. The molecule has 0 bridgehead atoms. The zero-order chi connectivity index (χ0) is 15.8. The summed E-state index contributed by atoms with van der Waals surface area (Å²) < 4.78 is 0.514. The van der Waals surface area contributed by atoms with Crippen molar-refractivity contribution in [2.75, 3.05) is 13.2 Å². The normalized spacial score (nSPS) is 12.0. The van der Waals surface area contributed by atoms with Crippen LogP contribution in [0.15, 0.2) is 22.7 Å². The van der Waals surface area contributed by atoms with Crippen LogP contribution in [0.1, 0.15) is 36.5 Å². The fourth-order valence-electron chi connectivity index (χ4n) is 2.07. The number of nitrogens with zero attached hydrogens (tertiary/aromatic N) is 1. The van der Waals surface area contributed by atoms with Gasteiger partial charge in [-0.25, -0.2) is 0 Å². The van der Waals surface area contributed by atoms with Gasteiger partial charge in [0.15, 0.2) is 0 Å². The van der Waals surface area contributed by atoms with Crippen LogP contribution in [0.4, 0.5) is 5.69 Å². The molecule has 0 aromatic heterocycles. The third kappa shape index (κ3) is 5.43. The van der Waals surface area contributed by atoms with Crippen LogP contribution in [-0.2, 0) is 0 Å². The number of benzene rings is 1. The standard InChI is InChI=1S/C14H19BrN2O4/c1-2-3-10(6-7-18)9-16-14(19)12-8-11(17(20)21)4-5-13(12)15/h4-5,8,10,18H,2-3,6-7,9H2,1H3,(H,16,19). The predicted molar refractivity (Wildman–Crippen MR) is 83.2 cm³/mol. The van der Waals surface area contributed by atoms with Crippen LogP contribution in [0.3, 0.4) is 0 Å². The monoisotopic (exact) mass is 358 g/mol. The van der Waals surface area contributed by atoms with Crippen molar-refractivity contribution in [1.82, 2.24) is 5.32 Å². The first-order valence-corrected chi connectivity index (χ1v) is 7.61. The Bertz CT molecular complexity index is 502. The molecule has 6 nitrogen and oxygen atoms in total. The molecule has 7 heteroatoms. The molecule has 1 unspecified atom stereocenters. The largest absolute Gasteiger partial charge is 0.396 e. The van der Waals surface area contributed by atoms with Crippen molar-refractivity contribution in [3.8, 4) is 0 Å². The molecule has 1 atom stereocenters. The third-order valence-corrected chi connectivity index (χ3v) is 3.88. The van der Waals surface area contributed by atoms with Crippen LogP contribution >= 0.6 is 15.9 Å². The second-order valence-corrected chi connectivity index (χ2v) is 5.65. The van der Waals surface area contributed by atoms with Crippen LogP contribution in [0.25, 0.3) is 0 Å². The highest BCUT2D eigenvalue weighted by Gasteiger charge is 2.16. The van der Waals surface area contributed by atoms with E-state index >= 15 is 0 Å². The quantitative estimate of drug-likeness (QED) is 0.551. The molecule has 0 aliphatic heterocycles. The van der Waals surface area contributed by atoms with Crippen molar-refractivity contribution in [2.45, 2.75) is 26.2 Å². The van der Waals surface area contributed by atoms with Crippen LogP contribution in [-0.4, -0.2) is 29.1 Å². The molecule has 0 spiro atoms. The number of nitro groups is 1. The Morgan fingerprint density at radius 3 is 2.76 bits per heavy atom. The molecule has 0 aliphatic carbocycles. The molecule has 0 saturated carbocycles. The Balaban J connectivity index is 2.74. The van der Waals surface area contributed by atoms with E-state index in [1.165, 1.54) is 18.2 Å². The van der Waals surface area contributed by atoms with Gasteiger partial charge in [-0.05, 0) is 40.8 Å². The van der Waals surface area contributed by atoms with Crippen molar-refractivity contribution < 1.29 is 14.8 Å². The number of hydrogen-bond donors (Lipinski definition) is 2. The van der Waals surface area contributed by atoms with Gasteiger partial charge < -0.3 is 10.4 Å². The SMILES string of the molecule is CCCC(CCO)CNC(=O)c1cc([N+](=O)[O-])ccc1Br. The first kappa shape index (κ1) is 17.6. The highest BCUT2D eigenvalue weighted by molar-refractivity contribution is 9.10. The Morgan fingerprint density at radius 1 is 1.48 bits per heavy atom. The second-order valence-electron chi connectivity index (χ2n) is 4.80. The van der Waals surface area contributed by atoms with Gasteiger partial charge in [0.25, 0.3) is 11.6 Å². The molecule has 2 N–H and O–H groups in total. The average Bonchev–Trinajstić information content (AvgIpc) is 2.45. The fraction of sp³-hybridized carbons (Fsp3) is 0.500. The fourth-order valence-corrected chi connectivity index (χ4v) is 2.50. The summed E-state index contributed by atoms with van der Waals surface area (Å²) in [7, 11) is 0. The number of aliphatic hydroxyl groups excluding tert-OH is 1. The summed E-state index contributed by atoms with van der Waals surface area (Å²) in [5, 5.41) is 22.5. The summed E-state index contributed by atoms with van der Waals surface area (Å²) in [4.78, 5) is 22.3.